The first kappa shape index (κ1) is 12.5. The highest BCUT2D eigenvalue weighted by Gasteiger charge is 2.66. The average Bonchev–Trinajstić information content (AvgIpc) is 2.53. The van der Waals surface area contributed by atoms with E-state index in [0.29, 0.717) is 23.2 Å². The normalized spacial score (nSPS) is 24.7. The molecule has 0 heterocycles. The van der Waals surface area contributed by atoms with Crippen molar-refractivity contribution in [2.24, 2.45) is 22.5 Å². The van der Waals surface area contributed by atoms with Crippen LogP contribution in [0.1, 0.15) is 40.5 Å². The zero-order valence-corrected chi connectivity index (χ0v) is 10.5. The first-order chi connectivity index (χ1) is 6.75. The third kappa shape index (κ3) is 2.03. The summed E-state index contributed by atoms with van der Waals surface area (Å²) in [6.07, 6.45) is 1.16. The van der Waals surface area contributed by atoms with Crippen molar-refractivity contribution in [1.29, 1.82) is 0 Å². The van der Waals surface area contributed by atoms with E-state index in [1.807, 2.05) is 0 Å². The molecule has 0 amide bonds. The van der Waals surface area contributed by atoms with Crippen molar-refractivity contribution in [3.8, 4) is 0 Å². The zero-order chi connectivity index (χ0) is 11.9. The van der Waals surface area contributed by atoms with Crippen LogP contribution in [0.3, 0.4) is 0 Å². The van der Waals surface area contributed by atoms with Gasteiger partial charge in [0.2, 0.25) is 0 Å². The third-order valence-corrected chi connectivity index (χ3v) is 4.47. The van der Waals surface area contributed by atoms with Crippen molar-refractivity contribution in [2.75, 3.05) is 7.11 Å². The fraction of sp³-hybridized carbons (Fsp3) is 0.917. The maximum Gasteiger partial charge on any atom is 0.305 e. The molecule has 3 heteroatoms. The van der Waals surface area contributed by atoms with Gasteiger partial charge in [0.1, 0.15) is 0 Å². The van der Waals surface area contributed by atoms with Crippen LogP contribution in [-0.4, -0.2) is 19.1 Å². The van der Waals surface area contributed by atoms with E-state index in [1.165, 1.54) is 7.11 Å². The summed E-state index contributed by atoms with van der Waals surface area (Å²) in [5.74, 6) is 0.344. The number of hydrogen-bond acceptors (Lipinski definition) is 3. The molecule has 0 aromatic rings. The summed E-state index contributed by atoms with van der Waals surface area (Å²) >= 11 is 0. The van der Waals surface area contributed by atoms with E-state index in [2.05, 4.69) is 32.4 Å². The van der Waals surface area contributed by atoms with Gasteiger partial charge in [0.25, 0.3) is 0 Å². The average molecular weight is 213 g/mol. The fourth-order valence-corrected chi connectivity index (χ4v) is 2.87. The molecule has 1 atom stereocenters. The second-order valence-electron chi connectivity index (χ2n) is 5.70. The Morgan fingerprint density at radius 3 is 2.13 bits per heavy atom. The van der Waals surface area contributed by atoms with Crippen molar-refractivity contribution < 1.29 is 9.53 Å². The lowest BCUT2D eigenvalue weighted by atomic mass is 10.0. The Morgan fingerprint density at radius 2 is 1.80 bits per heavy atom. The van der Waals surface area contributed by atoms with Gasteiger partial charge in [0, 0.05) is 12.5 Å². The lowest BCUT2D eigenvalue weighted by molar-refractivity contribution is -0.140. The van der Waals surface area contributed by atoms with Gasteiger partial charge < -0.3 is 10.5 Å². The maximum absolute atomic E-state index is 11.0. The first-order valence-corrected chi connectivity index (χ1v) is 5.57. The molecule has 1 aliphatic carbocycles. The molecule has 0 radical (unpaired) electrons. The summed E-state index contributed by atoms with van der Waals surface area (Å²) in [7, 11) is 1.42. The number of ether oxygens (including phenoxy) is 1. The molecule has 1 aliphatic rings. The summed E-state index contributed by atoms with van der Waals surface area (Å²) in [6, 6.07) is 0.106. The van der Waals surface area contributed by atoms with E-state index in [9.17, 15) is 4.79 Å². The molecular formula is C12H23NO2. The van der Waals surface area contributed by atoms with Gasteiger partial charge in [-0.25, -0.2) is 0 Å². The summed E-state index contributed by atoms with van der Waals surface area (Å²) in [6.45, 7) is 8.98. The molecule has 3 nitrogen and oxygen atoms in total. The number of esters is 1. The van der Waals surface area contributed by atoms with E-state index in [0.717, 1.165) is 6.42 Å². The van der Waals surface area contributed by atoms with E-state index >= 15 is 0 Å². The lowest BCUT2D eigenvalue weighted by Crippen LogP contribution is -2.26. The monoisotopic (exact) mass is 213 g/mol. The Bertz CT molecular complexity index is 244. The van der Waals surface area contributed by atoms with Gasteiger partial charge in [-0.2, -0.15) is 0 Å². The van der Waals surface area contributed by atoms with Gasteiger partial charge in [0.05, 0.1) is 7.11 Å². The van der Waals surface area contributed by atoms with Crippen molar-refractivity contribution in [3.63, 3.8) is 0 Å². The van der Waals surface area contributed by atoms with Crippen LogP contribution in [-0.2, 0) is 9.53 Å². The van der Waals surface area contributed by atoms with Crippen LogP contribution in [0.2, 0.25) is 0 Å². The van der Waals surface area contributed by atoms with Crippen LogP contribution < -0.4 is 5.73 Å². The Balaban J connectivity index is 2.44. The minimum Gasteiger partial charge on any atom is -0.469 e. The highest BCUT2D eigenvalue weighted by Crippen LogP contribution is 2.69. The van der Waals surface area contributed by atoms with Crippen molar-refractivity contribution >= 4 is 5.97 Å². The summed E-state index contributed by atoms with van der Waals surface area (Å²) in [5, 5.41) is 0. The molecule has 15 heavy (non-hydrogen) atoms. The van der Waals surface area contributed by atoms with E-state index in [4.69, 9.17) is 5.73 Å². The number of carbonyl (C=O) groups excluding carboxylic acids is 1. The smallest absolute Gasteiger partial charge is 0.305 e. The minimum atomic E-state index is -0.165. The molecule has 1 saturated carbocycles. The fourth-order valence-electron chi connectivity index (χ4n) is 2.87. The van der Waals surface area contributed by atoms with Crippen LogP contribution in [0.25, 0.3) is 0 Å². The Labute approximate surface area is 92.4 Å². The number of hydrogen-bond donors (Lipinski definition) is 1. The van der Waals surface area contributed by atoms with Gasteiger partial charge in [-0.05, 0) is 23.2 Å². The van der Waals surface area contributed by atoms with Gasteiger partial charge in [-0.15, -0.1) is 0 Å². The second-order valence-corrected chi connectivity index (χ2v) is 5.70. The highest BCUT2D eigenvalue weighted by atomic mass is 16.5. The summed E-state index contributed by atoms with van der Waals surface area (Å²) in [5.41, 5.74) is 6.71. The summed E-state index contributed by atoms with van der Waals surface area (Å²) in [4.78, 5) is 11.0. The molecular weight excluding hydrogens is 190 g/mol. The van der Waals surface area contributed by atoms with Crippen molar-refractivity contribution in [3.05, 3.63) is 0 Å². The molecule has 0 saturated heterocycles. The molecule has 1 fully saturated rings. The predicted octanol–water partition coefficient (Wildman–Crippen LogP) is 1.95. The first-order valence-electron chi connectivity index (χ1n) is 5.57. The minimum absolute atomic E-state index is 0.106. The van der Waals surface area contributed by atoms with Crippen molar-refractivity contribution in [2.45, 2.75) is 46.6 Å². The highest BCUT2D eigenvalue weighted by molar-refractivity contribution is 5.69. The lowest BCUT2D eigenvalue weighted by Gasteiger charge is -2.12. The molecule has 1 unspecified atom stereocenters. The third-order valence-electron chi connectivity index (χ3n) is 4.47. The van der Waals surface area contributed by atoms with E-state index in [-0.39, 0.29) is 12.0 Å². The Hall–Kier alpha value is -0.570. The molecule has 0 spiro atoms. The molecule has 0 aromatic heterocycles. The molecule has 0 aromatic carbocycles. The van der Waals surface area contributed by atoms with Gasteiger partial charge in [-0.1, -0.05) is 27.7 Å². The quantitative estimate of drug-likeness (QED) is 0.726. The van der Waals surface area contributed by atoms with Crippen LogP contribution in [0.5, 0.6) is 0 Å². The molecule has 0 aliphatic heterocycles. The number of rotatable bonds is 4. The zero-order valence-electron chi connectivity index (χ0n) is 10.5. The Morgan fingerprint density at radius 1 is 1.33 bits per heavy atom. The number of methoxy groups -OCH3 is 1. The Kier molecular flexibility index (Phi) is 3.15. The van der Waals surface area contributed by atoms with Gasteiger partial charge in [0.15, 0.2) is 0 Å². The number of carbonyl (C=O) groups is 1. The van der Waals surface area contributed by atoms with Gasteiger partial charge in [-0.3, -0.25) is 4.79 Å². The topological polar surface area (TPSA) is 52.3 Å². The van der Waals surface area contributed by atoms with Crippen LogP contribution in [0.15, 0.2) is 0 Å². The van der Waals surface area contributed by atoms with Crippen molar-refractivity contribution in [1.82, 2.24) is 0 Å². The largest absolute Gasteiger partial charge is 0.469 e. The second kappa shape index (κ2) is 3.78. The van der Waals surface area contributed by atoms with E-state index in [1.54, 1.807) is 0 Å². The molecule has 0 bridgehead atoms. The molecule has 2 N–H and O–H groups in total. The SMILES string of the molecule is COC(=O)CCC(N)C1C(C)(C)C1(C)C. The standard InChI is InChI=1S/C12H23NO2/c1-11(2)10(12(11,3)4)8(13)6-7-9(14)15-5/h8,10H,6-7,13H2,1-5H3. The van der Waals surface area contributed by atoms with E-state index < -0.39 is 0 Å². The summed E-state index contributed by atoms with van der Waals surface area (Å²) < 4.78 is 4.61. The van der Waals surface area contributed by atoms with Crippen LogP contribution in [0.4, 0.5) is 0 Å². The van der Waals surface area contributed by atoms with Gasteiger partial charge >= 0.3 is 5.97 Å². The molecule has 1 rings (SSSR count). The molecule has 88 valence electrons. The number of nitrogens with two attached hydrogens (primary N) is 1. The predicted molar refractivity (Wildman–Crippen MR) is 60.3 cm³/mol. The van der Waals surface area contributed by atoms with Crippen LogP contribution in [0, 0.1) is 16.7 Å². The maximum atomic E-state index is 11.0. The van der Waals surface area contributed by atoms with Crippen LogP contribution >= 0.6 is 0 Å².